The summed E-state index contributed by atoms with van der Waals surface area (Å²) in [5.41, 5.74) is 4.27. The van der Waals surface area contributed by atoms with Crippen LogP contribution in [0.1, 0.15) is 51.9 Å². The van der Waals surface area contributed by atoms with Gasteiger partial charge in [0.15, 0.2) is 0 Å². The molecule has 38 heavy (non-hydrogen) atoms. The molecule has 8 nitrogen and oxygen atoms in total. The third-order valence-electron chi connectivity index (χ3n) is 7.59. The topological polar surface area (TPSA) is 97.1 Å². The van der Waals surface area contributed by atoms with Gasteiger partial charge in [-0.25, -0.2) is 4.98 Å². The van der Waals surface area contributed by atoms with Gasteiger partial charge in [-0.3, -0.25) is 9.59 Å². The summed E-state index contributed by atoms with van der Waals surface area (Å²) < 4.78 is 0. The van der Waals surface area contributed by atoms with E-state index in [1.165, 1.54) is 35.7 Å². The molecule has 1 amide bonds. The summed E-state index contributed by atoms with van der Waals surface area (Å²) in [6.07, 6.45) is 6.10. The number of nitrogens with one attached hydrogen (secondary N) is 3. The number of imidazole rings is 1. The third kappa shape index (κ3) is 5.00. The minimum Gasteiger partial charge on any atom is -0.381 e. The SMILES string of the molecule is Cc1ccc(CC(C)Nc2cc[nH]c(=O)c2-c2nc3cc4c(cc3[nH]2)CN(CCCN2CCCC2)C4=O)s1. The fraction of sp³-hybridized carbons (Fsp3) is 0.414. The number of amides is 1. The fourth-order valence-corrected chi connectivity index (χ4v) is 6.74. The van der Waals surface area contributed by atoms with E-state index in [9.17, 15) is 9.59 Å². The highest BCUT2D eigenvalue weighted by atomic mass is 32.1. The number of aryl methyl sites for hydroxylation is 1. The van der Waals surface area contributed by atoms with E-state index in [-0.39, 0.29) is 17.5 Å². The highest BCUT2D eigenvalue weighted by molar-refractivity contribution is 7.11. The van der Waals surface area contributed by atoms with Crippen molar-refractivity contribution in [1.29, 1.82) is 0 Å². The quantitative estimate of drug-likeness (QED) is 0.290. The first kappa shape index (κ1) is 24.9. The van der Waals surface area contributed by atoms with Crippen molar-refractivity contribution >= 4 is 34.0 Å². The molecular formula is C29H34N6O2S. The normalized spacial score (nSPS) is 16.5. The first-order chi connectivity index (χ1) is 18.4. The number of thiophene rings is 1. The molecule has 0 saturated carbocycles. The van der Waals surface area contributed by atoms with Gasteiger partial charge in [-0.15, -0.1) is 11.3 Å². The van der Waals surface area contributed by atoms with E-state index in [2.05, 4.69) is 46.2 Å². The van der Waals surface area contributed by atoms with Crippen molar-refractivity contribution in [2.24, 2.45) is 0 Å². The summed E-state index contributed by atoms with van der Waals surface area (Å²) in [6.45, 7) is 9.04. The van der Waals surface area contributed by atoms with Crippen molar-refractivity contribution in [3.8, 4) is 11.4 Å². The molecule has 1 unspecified atom stereocenters. The van der Waals surface area contributed by atoms with Gasteiger partial charge in [-0.2, -0.15) is 0 Å². The average molecular weight is 531 g/mol. The van der Waals surface area contributed by atoms with Gasteiger partial charge in [-0.1, -0.05) is 0 Å². The molecule has 1 atom stereocenters. The number of carbonyl (C=O) groups excluding carboxylic acids is 1. The lowest BCUT2D eigenvalue weighted by Crippen LogP contribution is -2.29. The third-order valence-corrected chi connectivity index (χ3v) is 8.61. The summed E-state index contributed by atoms with van der Waals surface area (Å²) >= 11 is 1.79. The molecule has 0 spiro atoms. The van der Waals surface area contributed by atoms with E-state index in [4.69, 9.17) is 4.98 Å². The number of anilines is 1. The Bertz CT molecular complexity index is 1530. The molecule has 198 valence electrons. The Kier molecular flexibility index (Phi) is 6.80. The van der Waals surface area contributed by atoms with Crippen molar-refractivity contribution in [3.63, 3.8) is 0 Å². The van der Waals surface area contributed by atoms with E-state index >= 15 is 0 Å². The average Bonchev–Trinajstić information content (AvgIpc) is 3.67. The second kappa shape index (κ2) is 10.4. The second-order valence-electron chi connectivity index (χ2n) is 10.6. The zero-order chi connectivity index (χ0) is 26.2. The van der Waals surface area contributed by atoms with Crippen LogP contribution in [0.25, 0.3) is 22.4 Å². The van der Waals surface area contributed by atoms with Crippen LogP contribution in [0.3, 0.4) is 0 Å². The van der Waals surface area contributed by atoms with E-state index in [1.54, 1.807) is 17.5 Å². The number of carbonyl (C=O) groups is 1. The molecule has 3 N–H and O–H groups in total. The Morgan fingerprint density at radius 1 is 1.13 bits per heavy atom. The summed E-state index contributed by atoms with van der Waals surface area (Å²) in [6, 6.07) is 10.2. The minimum absolute atomic E-state index is 0.0745. The van der Waals surface area contributed by atoms with Crippen molar-refractivity contribution in [2.45, 2.75) is 52.1 Å². The Labute approximate surface area is 226 Å². The molecule has 0 aliphatic carbocycles. The first-order valence-electron chi connectivity index (χ1n) is 13.5. The monoisotopic (exact) mass is 530 g/mol. The number of hydrogen-bond acceptors (Lipinski definition) is 6. The molecule has 3 aromatic heterocycles. The molecule has 4 aromatic rings. The highest BCUT2D eigenvalue weighted by Gasteiger charge is 2.28. The highest BCUT2D eigenvalue weighted by Crippen LogP contribution is 2.30. The number of aromatic amines is 2. The molecule has 5 heterocycles. The largest absolute Gasteiger partial charge is 0.381 e. The molecule has 0 radical (unpaired) electrons. The van der Waals surface area contributed by atoms with Crippen LogP contribution in [0.2, 0.25) is 0 Å². The van der Waals surface area contributed by atoms with Crippen molar-refractivity contribution in [1.82, 2.24) is 24.8 Å². The van der Waals surface area contributed by atoms with Gasteiger partial charge in [0.05, 0.1) is 16.7 Å². The molecule has 2 aliphatic rings. The predicted octanol–water partition coefficient (Wildman–Crippen LogP) is 4.77. The first-order valence-corrected chi connectivity index (χ1v) is 14.3. The molecule has 0 bridgehead atoms. The van der Waals surface area contributed by atoms with Crippen LogP contribution >= 0.6 is 11.3 Å². The number of hydrogen-bond donors (Lipinski definition) is 3. The van der Waals surface area contributed by atoms with Crippen molar-refractivity contribution in [3.05, 3.63) is 67.8 Å². The smallest absolute Gasteiger partial charge is 0.261 e. The number of pyridine rings is 1. The number of benzene rings is 1. The number of rotatable bonds is 9. The van der Waals surface area contributed by atoms with Gasteiger partial charge < -0.3 is 25.1 Å². The maximum Gasteiger partial charge on any atom is 0.261 e. The van der Waals surface area contributed by atoms with Crippen LogP contribution in [-0.4, -0.2) is 62.9 Å². The summed E-state index contributed by atoms with van der Waals surface area (Å²) in [4.78, 5) is 44.0. The molecular weight excluding hydrogens is 496 g/mol. The number of aromatic nitrogens is 3. The van der Waals surface area contributed by atoms with Gasteiger partial charge in [0, 0.05) is 47.1 Å². The lowest BCUT2D eigenvalue weighted by Gasteiger charge is -2.19. The number of likely N-dealkylation sites (tertiary alicyclic amines) is 1. The van der Waals surface area contributed by atoms with Gasteiger partial charge in [0.1, 0.15) is 11.4 Å². The number of fused-ring (bicyclic) bond motifs is 2. The Hall–Kier alpha value is -3.43. The molecule has 1 aromatic carbocycles. The molecule has 1 saturated heterocycles. The molecule has 2 aliphatic heterocycles. The van der Waals surface area contributed by atoms with Crippen LogP contribution in [0.5, 0.6) is 0 Å². The molecule has 6 rings (SSSR count). The van der Waals surface area contributed by atoms with Gasteiger partial charge in [-0.05, 0) is 88.6 Å². The van der Waals surface area contributed by atoms with Crippen LogP contribution < -0.4 is 10.9 Å². The molecule has 1 fully saturated rings. The van der Waals surface area contributed by atoms with E-state index in [1.807, 2.05) is 23.1 Å². The Balaban J connectivity index is 1.20. The zero-order valence-corrected chi connectivity index (χ0v) is 22.8. The minimum atomic E-state index is -0.207. The van der Waals surface area contributed by atoms with Crippen LogP contribution in [0, 0.1) is 6.92 Å². The maximum atomic E-state index is 13.1. The van der Waals surface area contributed by atoms with Gasteiger partial charge >= 0.3 is 0 Å². The zero-order valence-electron chi connectivity index (χ0n) is 22.0. The van der Waals surface area contributed by atoms with Crippen LogP contribution in [0.4, 0.5) is 5.69 Å². The second-order valence-corrected chi connectivity index (χ2v) is 12.0. The summed E-state index contributed by atoms with van der Waals surface area (Å²) in [7, 11) is 0. The van der Waals surface area contributed by atoms with E-state index in [0.29, 0.717) is 23.4 Å². The summed E-state index contributed by atoms with van der Waals surface area (Å²) in [5.74, 6) is 0.576. The predicted molar refractivity (Wildman–Crippen MR) is 153 cm³/mol. The van der Waals surface area contributed by atoms with Crippen LogP contribution in [-0.2, 0) is 13.0 Å². The Morgan fingerprint density at radius 3 is 2.76 bits per heavy atom. The number of H-pyrrole nitrogens is 2. The van der Waals surface area contributed by atoms with E-state index in [0.717, 1.165) is 48.3 Å². The fourth-order valence-electron chi connectivity index (χ4n) is 5.72. The van der Waals surface area contributed by atoms with Crippen LogP contribution in [0.15, 0.2) is 41.3 Å². The lowest BCUT2D eigenvalue weighted by molar-refractivity contribution is 0.0772. The lowest BCUT2D eigenvalue weighted by atomic mass is 10.1. The standard InChI is InChI=1S/C29H34N6O2S/c1-18(14-21-7-6-19(2)38-21)31-23-8-9-30-28(36)26(23)27-32-24-15-20-17-35(13-5-12-34-10-3-4-11-34)29(37)22(20)16-25(24)33-27/h6-9,15-16,18H,3-5,10-14,17H2,1-2H3,(H,32,33)(H2,30,31,36). The molecule has 9 heteroatoms. The van der Waals surface area contributed by atoms with Gasteiger partial charge in [0.2, 0.25) is 0 Å². The van der Waals surface area contributed by atoms with Gasteiger partial charge in [0.25, 0.3) is 11.5 Å². The Morgan fingerprint density at radius 2 is 1.97 bits per heavy atom. The maximum absolute atomic E-state index is 13.1. The summed E-state index contributed by atoms with van der Waals surface area (Å²) in [5, 5.41) is 3.51. The van der Waals surface area contributed by atoms with Crippen molar-refractivity contribution < 1.29 is 4.79 Å². The number of nitrogens with zero attached hydrogens (tertiary/aromatic N) is 3. The van der Waals surface area contributed by atoms with E-state index < -0.39 is 0 Å². The van der Waals surface area contributed by atoms with Crippen molar-refractivity contribution in [2.75, 3.05) is 31.5 Å².